The van der Waals surface area contributed by atoms with Gasteiger partial charge in [0, 0.05) is 99.1 Å². The molecule has 2 unspecified atom stereocenters. The molecular formula is C35H42BrFN4O9. The Labute approximate surface area is 298 Å². The number of carbonyl (C=O) groups is 5. The maximum absolute atomic E-state index is 13.5. The van der Waals surface area contributed by atoms with E-state index >= 15 is 0 Å². The number of hydrogen-bond acceptors (Lipinski definition) is 7. The number of fused-ring (bicyclic) bond motifs is 1. The number of hydrogen-bond donors (Lipinski definition) is 4. The van der Waals surface area contributed by atoms with Crippen LogP contribution in [0, 0.1) is 5.82 Å². The van der Waals surface area contributed by atoms with E-state index in [0.717, 1.165) is 63.3 Å². The standard InChI is InChI=1S/C27H34BrFN4O.2C4H4O4/c1-19(2)33-16-15-32(27(33)34)14-11-30-9-12-31(13-10-30)26-18-24(20-3-6-22(29)7-4-20)25-17-21(28)5-8-23(25)26;2*5-3(6)1-2-4(7)8/h3-8,17,19,24,26H,9-16,18H2,1-2H3;2*1-2H,(H,5,6)(H,7,8)/b;2*2-1-. The summed E-state index contributed by atoms with van der Waals surface area (Å²) < 4.78 is 14.6. The van der Waals surface area contributed by atoms with E-state index in [1.54, 1.807) is 12.1 Å². The first-order valence-electron chi connectivity index (χ1n) is 16.0. The Hall–Kier alpha value is -4.60. The van der Waals surface area contributed by atoms with Gasteiger partial charge >= 0.3 is 29.9 Å². The van der Waals surface area contributed by atoms with Crippen LogP contribution in [0.1, 0.15) is 48.9 Å². The van der Waals surface area contributed by atoms with Crippen molar-refractivity contribution in [1.82, 2.24) is 19.6 Å². The first kappa shape index (κ1) is 39.8. The minimum Gasteiger partial charge on any atom is -0.478 e. The zero-order valence-corrected chi connectivity index (χ0v) is 29.4. The highest BCUT2D eigenvalue weighted by Gasteiger charge is 2.37. The van der Waals surface area contributed by atoms with Crippen molar-refractivity contribution in [2.75, 3.05) is 52.4 Å². The van der Waals surface area contributed by atoms with Crippen molar-refractivity contribution in [2.45, 2.75) is 38.3 Å². The largest absolute Gasteiger partial charge is 0.478 e. The van der Waals surface area contributed by atoms with Gasteiger partial charge in [-0.15, -0.1) is 0 Å². The number of carbonyl (C=O) groups excluding carboxylic acids is 1. The van der Waals surface area contributed by atoms with Gasteiger partial charge in [0.05, 0.1) is 0 Å². The van der Waals surface area contributed by atoms with Gasteiger partial charge in [-0.1, -0.05) is 34.1 Å². The number of carboxylic acid groups (broad SMARTS) is 4. The van der Waals surface area contributed by atoms with Gasteiger partial charge in [-0.3, -0.25) is 9.80 Å². The van der Waals surface area contributed by atoms with Gasteiger partial charge in [0.2, 0.25) is 0 Å². The summed E-state index contributed by atoms with van der Waals surface area (Å²) in [6.07, 6.45) is 3.26. The van der Waals surface area contributed by atoms with E-state index in [0.29, 0.717) is 36.3 Å². The molecule has 0 aromatic heterocycles. The quantitative estimate of drug-likeness (QED) is 0.253. The third-order valence-corrected chi connectivity index (χ3v) is 9.03. The summed E-state index contributed by atoms with van der Waals surface area (Å²) in [5.74, 6) is -4.92. The summed E-state index contributed by atoms with van der Waals surface area (Å²) in [6.45, 7) is 11.7. The molecule has 2 aromatic rings. The molecule has 2 aliphatic heterocycles. The first-order chi connectivity index (χ1) is 23.7. The fourth-order valence-corrected chi connectivity index (χ4v) is 6.50. The predicted molar refractivity (Wildman–Crippen MR) is 185 cm³/mol. The molecule has 4 N–H and O–H groups in total. The molecule has 2 fully saturated rings. The van der Waals surface area contributed by atoms with Gasteiger partial charge in [0.15, 0.2) is 0 Å². The van der Waals surface area contributed by atoms with Crippen LogP contribution in [0.2, 0.25) is 0 Å². The summed E-state index contributed by atoms with van der Waals surface area (Å²) in [5, 5.41) is 31.2. The van der Waals surface area contributed by atoms with Crippen molar-refractivity contribution < 1.29 is 48.8 Å². The van der Waals surface area contributed by atoms with Crippen molar-refractivity contribution in [2.24, 2.45) is 0 Å². The Kier molecular flexibility index (Phi) is 15.1. The average Bonchev–Trinajstić information content (AvgIpc) is 3.63. The van der Waals surface area contributed by atoms with E-state index in [4.69, 9.17) is 20.4 Å². The maximum atomic E-state index is 13.5. The lowest BCUT2D eigenvalue weighted by molar-refractivity contribution is -0.134. The number of halogens is 2. The molecule has 5 rings (SSSR count). The maximum Gasteiger partial charge on any atom is 0.328 e. The summed E-state index contributed by atoms with van der Waals surface area (Å²) in [5.41, 5.74) is 3.95. The third kappa shape index (κ3) is 12.1. The molecule has 0 bridgehead atoms. The molecule has 0 radical (unpaired) electrons. The molecule has 2 saturated heterocycles. The van der Waals surface area contributed by atoms with Gasteiger partial charge in [-0.2, -0.15) is 0 Å². The average molecular weight is 762 g/mol. The Morgan fingerprint density at radius 2 is 1.32 bits per heavy atom. The minimum atomic E-state index is -1.26. The van der Waals surface area contributed by atoms with Crippen LogP contribution in [0.5, 0.6) is 0 Å². The Balaban J connectivity index is 0.000000352. The van der Waals surface area contributed by atoms with Crippen LogP contribution in [0.4, 0.5) is 9.18 Å². The van der Waals surface area contributed by atoms with Gasteiger partial charge in [0.25, 0.3) is 0 Å². The van der Waals surface area contributed by atoms with E-state index in [1.165, 1.54) is 16.7 Å². The number of benzene rings is 2. The molecule has 13 nitrogen and oxygen atoms in total. The molecule has 270 valence electrons. The number of urea groups is 1. The van der Waals surface area contributed by atoms with Crippen molar-refractivity contribution in [3.8, 4) is 0 Å². The lowest BCUT2D eigenvalue weighted by Crippen LogP contribution is -2.49. The van der Waals surface area contributed by atoms with Crippen LogP contribution in [-0.2, 0) is 19.2 Å². The van der Waals surface area contributed by atoms with Gasteiger partial charge in [0.1, 0.15) is 5.82 Å². The molecule has 0 spiro atoms. The summed E-state index contributed by atoms with van der Waals surface area (Å²) in [7, 11) is 0. The number of piperazine rings is 1. The fraction of sp³-hybridized carbons (Fsp3) is 0.400. The molecule has 2 heterocycles. The monoisotopic (exact) mass is 760 g/mol. The molecule has 2 amide bonds. The van der Waals surface area contributed by atoms with Crippen LogP contribution < -0.4 is 0 Å². The second-order valence-corrected chi connectivity index (χ2v) is 13.0. The zero-order valence-electron chi connectivity index (χ0n) is 27.8. The molecule has 2 aromatic carbocycles. The highest BCUT2D eigenvalue weighted by atomic mass is 79.9. The molecule has 15 heteroatoms. The lowest BCUT2D eigenvalue weighted by Gasteiger charge is -2.39. The van der Waals surface area contributed by atoms with E-state index in [-0.39, 0.29) is 17.9 Å². The van der Waals surface area contributed by atoms with Crippen LogP contribution in [0.15, 0.2) is 71.2 Å². The van der Waals surface area contributed by atoms with Crippen LogP contribution in [0.25, 0.3) is 0 Å². The minimum absolute atomic E-state index is 0.184. The van der Waals surface area contributed by atoms with Gasteiger partial charge < -0.3 is 30.2 Å². The van der Waals surface area contributed by atoms with Crippen LogP contribution in [0.3, 0.4) is 0 Å². The second kappa shape index (κ2) is 19.0. The van der Waals surface area contributed by atoms with Gasteiger partial charge in [-0.25, -0.2) is 28.4 Å². The smallest absolute Gasteiger partial charge is 0.328 e. The van der Waals surface area contributed by atoms with E-state index in [2.05, 4.69) is 57.8 Å². The van der Waals surface area contributed by atoms with Gasteiger partial charge in [-0.05, 0) is 61.2 Å². The normalized spacial score (nSPS) is 19.3. The lowest BCUT2D eigenvalue weighted by atomic mass is 9.93. The first-order valence-corrected chi connectivity index (χ1v) is 16.8. The van der Waals surface area contributed by atoms with E-state index in [9.17, 15) is 28.4 Å². The summed E-state index contributed by atoms with van der Waals surface area (Å²) in [4.78, 5) is 59.9. The number of nitrogens with zero attached hydrogens (tertiary/aromatic N) is 4. The Morgan fingerprint density at radius 3 is 1.80 bits per heavy atom. The van der Waals surface area contributed by atoms with Crippen molar-refractivity contribution in [3.05, 3.63) is 93.7 Å². The second-order valence-electron chi connectivity index (χ2n) is 12.1. The van der Waals surface area contributed by atoms with E-state index < -0.39 is 23.9 Å². The number of rotatable bonds is 10. The molecular weight excluding hydrogens is 719 g/mol. The molecule has 2 atom stereocenters. The summed E-state index contributed by atoms with van der Waals surface area (Å²) in [6, 6.07) is 14.5. The third-order valence-electron chi connectivity index (χ3n) is 8.54. The number of aliphatic carboxylic acids is 4. The molecule has 0 saturated carbocycles. The molecule has 1 aliphatic carbocycles. The highest BCUT2D eigenvalue weighted by molar-refractivity contribution is 9.10. The zero-order chi connectivity index (χ0) is 37.0. The predicted octanol–water partition coefficient (Wildman–Crippen LogP) is 4.35. The Bertz CT molecular complexity index is 1510. The number of amides is 2. The van der Waals surface area contributed by atoms with Crippen LogP contribution >= 0.6 is 15.9 Å². The molecule has 3 aliphatic rings. The van der Waals surface area contributed by atoms with Crippen LogP contribution in [-0.4, -0.2) is 128 Å². The highest BCUT2D eigenvalue weighted by Crippen LogP contribution is 2.47. The van der Waals surface area contributed by atoms with Crippen molar-refractivity contribution in [3.63, 3.8) is 0 Å². The number of carboxylic acids is 4. The van der Waals surface area contributed by atoms with E-state index in [1.807, 2.05) is 21.9 Å². The van der Waals surface area contributed by atoms with Crippen molar-refractivity contribution >= 4 is 45.8 Å². The van der Waals surface area contributed by atoms with Crippen molar-refractivity contribution in [1.29, 1.82) is 0 Å². The SMILES string of the molecule is CC(C)N1CCN(CCN2CCN(C3CC(c4ccc(F)cc4)c4cc(Br)ccc43)CC2)C1=O.O=C(O)/C=C\C(=O)O.O=C(O)/C=C\C(=O)O. The fourth-order valence-electron chi connectivity index (χ4n) is 6.12. The Morgan fingerprint density at radius 1 is 0.780 bits per heavy atom. The summed E-state index contributed by atoms with van der Waals surface area (Å²) >= 11 is 3.65. The topological polar surface area (TPSA) is 179 Å². The molecule has 50 heavy (non-hydrogen) atoms.